The number of hydrogen-bond acceptors (Lipinski definition) is 3. The SMILES string of the molecule is Cc1[nH]c(C(=O)O)c(C)c1S(=O)(=O)N(C)C(C)C. The number of carboxylic acids is 1. The molecule has 0 saturated heterocycles. The van der Waals surface area contributed by atoms with E-state index in [-0.39, 0.29) is 22.2 Å². The first-order chi connectivity index (χ1) is 8.10. The normalized spacial score (nSPS) is 12.4. The number of carboxylic acid groups (broad SMARTS) is 1. The van der Waals surface area contributed by atoms with E-state index in [1.54, 1.807) is 20.8 Å². The molecule has 1 heterocycles. The number of aromatic nitrogens is 1. The van der Waals surface area contributed by atoms with Crippen LogP contribution in [0.5, 0.6) is 0 Å². The standard InChI is InChI=1S/C11H18N2O4S/c1-6(2)13(5)18(16,17)10-7(3)9(11(14)15)12-8(10)4/h6,12H,1-5H3,(H,14,15). The summed E-state index contributed by atoms with van der Waals surface area (Å²) in [5, 5.41) is 8.98. The number of nitrogens with one attached hydrogen (secondary N) is 1. The van der Waals surface area contributed by atoms with Gasteiger partial charge in [-0.2, -0.15) is 4.31 Å². The van der Waals surface area contributed by atoms with Crippen LogP contribution in [0.4, 0.5) is 0 Å². The van der Waals surface area contributed by atoms with E-state index in [1.807, 2.05) is 0 Å². The zero-order valence-electron chi connectivity index (χ0n) is 11.1. The molecule has 6 nitrogen and oxygen atoms in total. The third-order valence-corrected chi connectivity index (χ3v) is 5.26. The van der Waals surface area contributed by atoms with E-state index in [1.165, 1.54) is 18.3 Å². The highest BCUT2D eigenvalue weighted by molar-refractivity contribution is 7.89. The summed E-state index contributed by atoms with van der Waals surface area (Å²) in [5.74, 6) is -1.16. The molecule has 7 heteroatoms. The molecule has 0 amide bonds. The van der Waals surface area contributed by atoms with Crippen LogP contribution in [0.2, 0.25) is 0 Å². The summed E-state index contributed by atoms with van der Waals surface area (Å²) in [5.41, 5.74) is 0.508. The molecule has 0 aliphatic carbocycles. The van der Waals surface area contributed by atoms with Gasteiger partial charge in [-0.05, 0) is 27.7 Å². The van der Waals surface area contributed by atoms with Gasteiger partial charge in [0.15, 0.2) is 0 Å². The molecule has 0 aliphatic heterocycles. The summed E-state index contributed by atoms with van der Waals surface area (Å²) in [7, 11) is -2.20. The monoisotopic (exact) mass is 274 g/mol. The van der Waals surface area contributed by atoms with Gasteiger partial charge in [0.1, 0.15) is 10.6 Å². The molecule has 2 N–H and O–H groups in total. The van der Waals surface area contributed by atoms with Crippen LogP contribution in [0.25, 0.3) is 0 Å². The number of H-pyrrole nitrogens is 1. The molecule has 102 valence electrons. The zero-order valence-corrected chi connectivity index (χ0v) is 11.9. The fourth-order valence-corrected chi connectivity index (χ4v) is 3.53. The number of nitrogens with zero attached hydrogens (tertiary/aromatic N) is 1. The first kappa shape index (κ1) is 14.7. The van der Waals surface area contributed by atoms with Crippen LogP contribution in [0.1, 0.15) is 35.6 Å². The number of rotatable bonds is 4. The van der Waals surface area contributed by atoms with E-state index < -0.39 is 16.0 Å². The molecule has 1 rings (SSSR count). The molecular formula is C11H18N2O4S. The minimum absolute atomic E-state index is 0.0519. The van der Waals surface area contributed by atoms with Crippen molar-refractivity contribution in [3.05, 3.63) is 17.0 Å². The fraction of sp³-hybridized carbons (Fsp3) is 0.545. The van der Waals surface area contributed by atoms with Crippen LogP contribution in [-0.4, -0.2) is 41.9 Å². The summed E-state index contributed by atoms with van der Waals surface area (Å²) >= 11 is 0. The predicted molar refractivity (Wildman–Crippen MR) is 67.3 cm³/mol. The molecule has 1 aromatic heterocycles. The van der Waals surface area contributed by atoms with Crippen molar-refractivity contribution in [1.29, 1.82) is 0 Å². The highest BCUT2D eigenvalue weighted by atomic mass is 32.2. The van der Waals surface area contributed by atoms with Crippen LogP contribution in [-0.2, 0) is 10.0 Å². The van der Waals surface area contributed by atoms with Crippen molar-refractivity contribution in [1.82, 2.24) is 9.29 Å². The zero-order chi connectivity index (χ0) is 14.2. The Morgan fingerprint density at radius 3 is 2.17 bits per heavy atom. The van der Waals surface area contributed by atoms with E-state index in [4.69, 9.17) is 5.11 Å². The molecule has 0 bridgehead atoms. The van der Waals surface area contributed by atoms with E-state index in [9.17, 15) is 13.2 Å². The number of aromatic amines is 1. The van der Waals surface area contributed by atoms with Gasteiger partial charge >= 0.3 is 5.97 Å². The van der Waals surface area contributed by atoms with Gasteiger partial charge in [-0.15, -0.1) is 0 Å². The lowest BCUT2D eigenvalue weighted by molar-refractivity contribution is 0.0690. The highest BCUT2D eigenvalue weighted by Crippen LogP contribution is 2.26. The Hall–Kier alpha value is -1.34. The summed E-state index contributed by atoms with van der Waals surface area (Å²) < 4.78 is 26.0. The number of hydrogen-bond donors (Lipinski definition) is 2. The van der Waals surface area contributed by atoms with Crippen LogP contribution < -0.4 is 0 Å². The molecule has 0 spiro atoms. The minimum Gasteiger partial charge on any atom is -0.477 e. The van der Waals surface area contributed by atoms with Gasteiger partial charge in [0.25, 0.3) is 0 Å². The Morgan fingerprint density at radius 1 is 1.33 bits per heavy atom. The van der Waals surface area contributed by atoms with Gasteiger partial charge in [-0.3, -0.25) is 0 Å². The van der Waals surface area contributed by atoms with E-state index >= 15 is 0 Å². The second kappa shape index (κ2) is 4.74. The van der Waals surface area contributed by atoms with Crippen LogP contribution >= 0.6 is 0 Å². The van der Waals surface area contributed by atoms with E-state index in [0.29, 0.717) is 5.69 Å². The number of aryl methyl sites for hydroxylation is 1. The molecule has 0 unspecified atom stereocenters. The van der Waals surface area contributed by atoms with Crippen LogP contribution in [0.15, 0.2) is 4.90 Å². The molecule has 18 heavy (non-hydrogen) atoms. The summed E-state index contributed by atoms with van der Waals surface area (Å²) in [6.45, 7) is 6.56. The van der Waals surface area contributed by atoms with Crippen molar-refractivity contribution in [2.75, 3.05) is 7.05 Å². The first-order valence-corrected chi connectivity index (χ1v) is 6.95. The lowest BCUT2D eigenvalue weighted by Gasteiger charge is -2.21. The van der Waals surface area contributed by atoms with Crippen molar-refractivity contribution in [3.63, 3.8) is 0 Å². The Kier molecular flexibility index (Phi) is 3.87. The van der Waals surface area contributed by atoms with Gasteiger partial charge in [0.05, 0.1) is 0 Å². The maximum atomic E-state index is 12.4. The summed E-state index contributed by atoms with van der Waals surface area (Å²) in [4.78, 5) is 13.6. The van der Waals surface area contributed by atoms with E-state index in [2.05, 4.69) is 4.98 Å². The maximum Gasteiger partial charge on any atom is 0.352 e. The van der Waals surface area contributed by atoms with Crippen molar-refractivity contribution >= 4 is 16.0 Å². The number of sulfonamides is 1. The first-order valence-electron chi connectivity index (χ1n) is 5.51. The second-order valence-corrected chi connectivity index (χ2v) is 6.43. The molecular weight excluding hydrogens is 256 g/mol. The average Bonchev–Trinajstić information content (AvgIpc) is 2.53. The Balaban J connectivity index is 3.48. The predicted octanol–water partition coefficient (Wildman–Crippen LogP) is 1.36. The molecule has 0 aromatic carbocycles. The topological polar surface area (TPSA) is 90.5 Å². The van der Waals surface area contributed by atoms with Gasteiger partial charge in [0, 0.05) is 24.3 Å². The Bertz CT molecular complexity index is 572. The summed E-state index contributed by atoms with van der Waals surface area (Å²) in [6.07, 6.45) is 0. The molecule has 0 saturated carbocycles. The third-order valence-electron chi connectivity index (χ3n) is 2.95. The molecule has 0 atom stereocenters. The maximum absolute atomic E-state index is 12.4. The van der Waals surface area contributed by atoms with Crippen molar-refractivity contribution in [2.45, 2.75) is 38.6 Å². The largest absolute Gasteiger partial charge is 0.477 e. The average molecular weight is 274 g/mol. The summed E-state index contributed by atoms with van der Waals surface area (Å²) in [6, 6.07) is -0.197. The Labute approximate surface area is 107 Å². The Morgan fingerprint density at radius 2 is 1.83 bits per heavy atom. The van der Waals surface area contributed by atoms with Crippen molar-refractivity contribution < 1.29 is 18.3 Å². The second-order valence-electron chi connectivity index (χ2n) is 4.50. The number of carbonyl (C=O) groups is 1. The van der Waals surface area contributed by atoms with Crippen LogP contribution in [0, 0.1) is 13.8 Å². The minimum atomic E-state index is -3.67. The van der Waals surface area contributed by atoms with Crippen molar-refractivity contribution in [2.24, 2.45) is 0 Å². The molecule has 0 fully saturated rings. The van der Waals surface area contributed by atoms with Gasteiger partial charge in [0.2, 0.25) is 10.0 Å². The quantitative estimate of drug-likeness (QED) is 0.867. The number of aromatic carboxylic acids is 1. The smallest absolute Gasteiger partial charge is 0.352 e. The highest BCUT2D eigenvalue weighted by Gasteiger charge is 2.30. The van der Waals surface area contributed by atoms with E-state index in [0.717, 1.165) is 0 Å². The molecule has 0 aliphatic rings. The molecule has 0 radical (unpaired) electrons. The van der Waals surface area contributed by atoms with Gasteiger partial charge in [-0.25, -0.2) is 13.2 Å². The lowest BCUT2D eigenvalue weighted by Crippen LogP contribution is -2.33. The van der Waals surface area contributed by atoms with Gasteiger partial charge < -0.3 is 10.1 Å². The van der Waals surface area contributed by atoms with Crippen LogP contribution in [0.3, 0.4) is 0 Å². The fourth-order valence-electron chi connectivity index (χ4n) is 1.76. The van der Waals surface area contributed by atoms with Crippen molar-refractivity contribution in [3.8, 4) is 0 Å². The molecule has 1 aromatic rings. The van der Waals surface area contributed by atoms with Gasteiger partial charge in [-0.1, -0.05) is 0 Å². The third kappa shape index (κ3) is 2.28. The lowest BCUT2D eigenvalue weighted by atomic mass is 10.2.